The zero-order valence-corrected chi connectivity index (χ0v) is 31.9. The third-order valence-electron chi connectivity index (χ3n) is 8.40. The summed E-state index contributed by atoms with van der Waals surface area (Å²) in [5, 5.41) is 0. The lowest BCUT2D eigenvalue weighted by Gasteiger charge is -2.19. The van der Waals surface area contributed by atoms with Gasteiger partial charge in [0.15, 0.2) is 6.10 Å². The van der Waals surface area contributed by atoms with Crippen LogP contribution in [0.1, 0.15) is 187 Å². The molecule has 0 fully saturated rings. The molecule has 0 aromatic heterocycles. The lowest BCUT2D eigenvalue weighted by atomic mass is 10.0. The number of allylic oxidation sites excluding steroid dienone is 2. The summed E-state index contributed by atoms with van der Waals surface area (Å²) in [6, 6.07) is 0. The van der Waals surface area contributed by atoms with Crippen LogP contribution in [-0.4, -0.2) is 49.3 Å². The van der Waals surface area contributed by atoms with Gasteiger partial charge >= 0.3 is 19.8 Å². The van der Waals surface area contributed by atoms with Gasteiger partial charge in [0, 0.05) is 19.4 Å². The van der Waals surface area contributed by atoms with E-state index in [0.717, 1.165) is 44.9 Å². The van der Waals surface area contributed by atoms with E-state index in [1.165, 1.54) is 109 Å². The number of carbonyl (C=O) groups is 2. The summed E-state index contributed by atoms with van der Waals surface area (Å²) in [5.74, 6) is -0.828. The second-order valence-electron chi connectivity index (χ2n) is 13.2. The maximum Gasteiger partial charge on any atom is 0.472 e. The molecule has 3 N–H and O–H groups in total. The third kappa shape index (κ3) is 34.6. The molecule has 0 aliphatic heterocycles. The topological polar surface area (TPSA) is 134 Å². The van der Waals surface area contributed by atoms with Crippen molar-refractivity contribution in [2.45, 2.75) is 193 Å². The average Bonchev–Trinajstić information content (AvgIpc) is 3.07. The van der Waals surface area contributed by atoms with Crippen LogP contribution < -0.4 is 5.73 Å². The molecule has 284 valence electrons. The number of rotatable bonds is 37. The first-order valence-corrected chi connectivity index (χ1v) is 21.2. The number of hydrogen-bond donors (Lipinski definition) is 2. The van der Waals surface area contributed by atoms with Gasteiger partial charge in [-0.3, -0.25) is 18.6 Å². The second kappa shape index (κ2) is 35.6. The van der Waals surface area contributed by atoms with Crippen molar-refractivity contribution in [2.75, 3.05) is 26.4 Å². The van der Waals surface area contributed by atoms with E-state index in [2.05, 4.69) is 26.0 Å². The van der Waals surface area contributed by atoms with Crippen molar-refractivity contribution >= 4 is 19.8 Å². The highest BCUT2D eigenvalue weighted by molar-refractivity contribution is 7.47. The third-order valence-corrected chi connectivity index (χ3v) is 9.39. The quantitative estimate of drug-likeness (QED) is 0.0280. The highest BCUT2D eigenvalue weighted by atomic mass is 31.2. The maximum absolute atomic E-state index is 12.5. The molecule has 0 aromatic rings. The van der Waals surface area contributed by atoms with Gasteiger partial charge in [-0.1, -0.05) is 148 Å². The first-order chi connectivity index (χ1) is 23.3. The summed E-state index contributed by atoms with van der Waals surface area (Å²) in [6.07, 6.45) is 33.8. The molecule has 2 atom stereocenters. The maximum atomic E-state index is 12.5. The molecule has 1 unspecified atom stereocenters. The Bertz CT molecular complexity index is 810. The van der Waals surface area contributed by atoms with Crippen molar-refractivity contribution < 1.29 is 37.6 Å². The highest BCUT2D eigenvalue weighted by Crippen LogP contribution is 2.43. The number of carbonyl (C=O) groups excluding carboxylic acids is 2. The number of esters is 2. The molecule has 0 saturated heterocycles. The number of phosphoric acid groups is 1. The minimum absolute atomic E-state index is 0.0554. The molecule has 0 rings (SSSR count). The molecule has 0 bridgehead atoms. The van der Waals surface area contributed by atoms with Gasteiger partial charge in [0.1, 0.15) is 6.61 Å². The fourth-order valence-electron chi connectivity index (χ4n) is 5.45. The Hall–Kier alpha value is -1.25. The van der Waals surface area contributed by atoms with Crippen LogP contribution in [0.3, 0.4) is 0 Å². The fraction of sp³-hybridized carbons (Fsp3) is 0.895. The predicted octanol–water partition coefficient (Wildman–Crippen LogP) is 10.7. The molecule has 0 saturated carbocycles. The van der Waals surface area contributed by atoms with Crippen LogP contribution in [0.2, 0.25) is 0 Å². The number of hydrogen-bond acceptors (Lipinski definition) is 8. The number of phosphoric ester groups is 1. The van der Waals surface area contributed by atoms with E-state index in [0.29, 0.717) is 6.42 Å². The molecule has 9 nitrogen and oxygen atoms in total. The van der Waals surface area contributed by atoms with E-state index in [-0.39, 0.29) is 38.6 Å². The van der Waals surface area contributed by atoms with Gasteiger partial charge < -0.3 is 20.1 Å². The van der Waals surface area contributed by atoms with E-state index in [9.17, 15) is 19.0 Å². The van der Waals surface area contributed by atoms with E-state index in [1.807, 2.05) is 0 Å². The first kappa shape index (κ1) is 46.8. The van der Waals surface area contributed by atoms with Crippen molar-refractivity contribution in [1.82, 2.24) is 0 Å². The zero-order valence-electron chi connectivity index (χ0n) is 31.0. The average molecular weight is 704 g/mol. The summed E-state index contributed by atoms with van der Waals surface area (Å²) in [7, 11) is -4.36. The first-order valence-electron chi connectivity index (χ1n) is 19.7. The van der Waals surface area contributed by atoms with Crippen LogP contribution >= 0.6 is 7.82 Å². The molecule has 0 radical (unpaired) electrons. The Morgan fingerprint density at radius 3 is 1.50 bits per heavy atom. The molecule has 0 aliphatic carbocycles. The van der Waals surface area contributed by atoms with Crippen LogP contribution in [0.25, 0.3) is 0 Å². The SMILES string of the molecule is CCCCCCC=CCCCCCCCCCC(=O)OC[C@H](COP(=O)(O)OCCN)OC(=O)CCCCCCCCCCCCCC. The summed E-state index contributed by atoms with van der Waals surface area (Å²) in [5.41, 5.74) is 5.33. The van der Waals surface area contributed by atoms with Crippen LogP contribution in [-0.2, 0) is 32.7 Å². The Kier molecular flexibility index (Phi) is 34.6. The lowest BCUT2D eigenvalue weighted by Crippen LogP contribution is -2.29. The van der Waals surface area contributed by atoms with E-state index >= 15 is 0 Å². The Balaban J connectivity index is 4.18. The molecule has 0 aliphatic rings. The molecule has 0 heterocycles. The minimum Gasteiger partial charge on any atom is -0.462 e. The van der Waals surface area contributed by atoms with Gasteiger partial charge in [0.2, 0.25) is 0 Å². The number of ether oxygens (including phenoxy) is 2. The van der Waals surface area contributed by atoms with Crippen molar-refractivity contribution in [3.05, 3.63) is 12.2 Å². The van der Waals surface area contributed by atoms with Gasteiger partial charge in [-0.05, 0) is 38.5 Å². The van der Waals surface area contributed by atoms with Crippen molar-refractivity contribution in [1.29, 1.82) is 0 Å². The number of unbranched alkanes of at least 4 members (excludes halogenated alkanes) is 22. The van der Waals surface area contributed by atoms with Crippen LogP contribution in [0.4, 0.5) is 0 Å². The smallest absolute Gasteiger partial charge is 0.462 e. The van der Waals surface area contributed by atoms with Crippen LogP contribution in [0.5, 0.6) is 0 Å². The lowest BCUT2D eigenvalue weighted by molar-refractivity contribution is -0.161. The molecule has 0 spiro atoms. The summed E-state index contributed by atoms with van der Waals surface area (Å²) in [6.45, 7) is 3.71. The molecule has 0 amide bonds. The van der Waals surface area contributed by atoms with Crippen LogP contribution in [0.15, 0.2) is 12.2 Å². The summed E-state index contributed by atoms with van der Waals surface area (Å²) in [4.78, 5) is 34.7. The molecule has 0 aromatic carbocycles. The Morgan fingerprint density at radius 1 is 0.604 bits per heavy atom. The van der Waals surface area contributed by atoms with Gasteiger partial charge in [0.05, 0.1) is 13.2 Å². The molecular formula is C38H74NO8P. The van der Waals surface area contributed by atoms with Gasteiger partial charge in [-0.25, -0.2) is 4.57 Å². The van der Waals surface area contributed by atoms with Crippen molar-refractivity contribution in [2.24, 2.45) is 5.73 Å². The summed E-state index contributed by atoms with van der Waals surface area (Å²) >= 11 is 0. The summed E-state index contributed by atoms with van der Waals surface area (Å²) < 4.78 is 32.7. The fourth-order valence-corrected chi connectivity index (χ4v) is 6.22. The van der Waals surface area contributed by atoms with Crippen LogP contribution in [0, 0.1) is 0 Å². The van der Waals surface area contributed by atoms with E-state index in [1.54, 1.807) is 0 Å². The minimum atomic E-state index is -4.36. The number of nitrogens with two attached hydrogens (primary N) is 1. The molecule has 48 heavy (non-hydrogen) atoms. The predicted molar refractivity (Wildman–Crippen MR) is 197 cm³/mol. The standard InChI is InChI=1S/C38H74NO8P/c1-3-5-7-9-11-13-15-17-18-19-21-22-24-26-28-30-37(40)44-34-36(35-46-48(42,43)45-33-32-39)47-38(41)31-29-27-25-23-20-16-14-12-10-8-6-4-2/h13,15,36H,3-12,14,16-35,39H2,1-2H3,(H,42,43)/t36-/m1/s1. The zero-order chi connectivity index (χ0) is 35.4. The molecular weight excluding hydrogens is 629 g/mol. The Morgan fingerprint density at radius 2 is 1.02 bits per heavy atom. The monoisotopic (exact) mass is 704 g/mol. The Labute approximate surface area is 294 Å². The van der Waals surface area contributed by atoms with Crippen molar-refractivity contribution in [3.8, 4) is 0 Å². The van der Waals surface area contributed by atoms with Gasteiger partial charge in [0.25, 0.3) is 0 Å². The van der Waals surface area contributed by atoms with Crippen molar-refractivity contribution in [3.63, 3.8) is 0 Å². The van der Waals surface area contributed by atoms with E-state index < -0.39 is 26.5 Å². The second-order valence-corrected chi connectivity index (χ2v) is 14.6. The van der Waals surface area contributed by atoms with Gasteiger partial charge in [-0.15, -0.1) is 0 Å². The normalized spacial score (nSPS) is 13.5. The van der Waals surface area contributed by atoms with E-state index in [4.69, 9.17) is 24.3 Å². The largest absolute Gasteiger partial charge is 0.472 e. The molecule has 10 heteroatoms. The van der Waals surface area contributed by atoms with Gasteiger partial charge in [-0.2, -0.15) is 0 Å². The highest BCUT2D eigenvalue weighted by Gasteiger charge is 2.25.